The molecule has 6 heteroatoms. The average Bonchev–Trinajstić information content (AvgIpc) is 2.37. The third-order valence-corrected chi connectivity index (χ3v) is 2.04. The Morgan fingerprint density at radius 2 is 2.42 bits per heavy atom. The fraction of sp³-hybridized carbons (Fsp3) is 0.333. The Kier molecular flexibility index (Phi) is 4.80. The van der Waals surface area contributed by atoms with Gasteiger partial charge in [0.2, 0.25) is 0 Å². The summed E-state index contributed by atoms with van der Waals surface area (Å²) in [5.74, 6) is -0.982. The summed E-state index contributed by atoms with van der Waals surface area (Å²) in [5.41, 5.74) is 5.37. The molecule has 68 valence electrons. The van der Waals surface area contributed by atoms with Crippen molar-refractivity contribution in [2.75, 3.05) is 6.54 Å². The van der Waals surface area contributed by atoms with Crippen molar-refractivity contribution < 1.29 is 9.90 Å². The zero-order valence-electron chi connectivity index (χ0n) is 6.19. The number of halogens is 1. The molecular formula is C6H9ClN2O2S. The van der Waals surface area contributed by atoms with Gasteiger partial charge in [0, 0.05) is 11.8 Å². The molecule has 0 aliphatic heterocycles. The maximum atomic E-state index is 10.3. The number of carboxylic acid groups (broad SMARTS) is 1. The van der Waals surface area contributed by atoms with E-state index in [0.717, 1.165) is 5.01 Å². The van der Waals surface area contributed by atoms with E-state index in [1.807, 2.05) is 0 Å². The van der Waals surface area contributed by atoms with Gasteiger partial charge in [-0.25, -0.2) is 9.78 Å². The lowest BCUT2D eigenvalue weighted by Crippen LogP contribution is -2.03. The highest BCUT2D eigenvalue weighted by molar-refractivity contribution is 7.09. The van der Waals surface area contributed by atoms with Crippen molar-refractivity contribution in [2.24, 2.45) is 5.73 Å². The molecule has 1 heterocycles. The first-order chi connectivity index (χ1) is 5.24. The van der Waals surface area contributed by atoms with Crippen molar-refractivity contribution in [3.05, 3.63) is 16.1 Å². The van der Waals surface area contributed by atoms with E-state index in [1.165, 1.54) is 16.7 Å². The quantitative estimate of drug-likeness (QED) is 0.769. The van der Waals surface area contributed by atoms with Crippen LogP contribution in [0.2, 0.25) is 0 Å². The van der Waals surface area contributed by atoms with Gasteiger partial charge in [-0.1, -0.05) is 0 Å². The maximum Gasteiger partial charge on any atom is 0.355 e. The Labute approximate surface area is 79.8 Å². The van der Waals surface area contributed by atoms with Crippen molar-refractivity contribution in [1.29, 1.82) is 0 Å². The minimum Gasteiger partial charge on any atom is -0.476 e. The van der Waals surface area contributed by atoms with Crippen LogP contribution >= 0.6 is 23.7 Å². The number of nitrogens with zero attached hydrogens (tertiary/aromatic N) is 1. The van der Waals surface area contributed by atoms with E-state index >= 15 is 0 Å². The van der Waals surface area contributed by atoms with E-state index in [9.17, 15) is 4.79 Å². The highest BCUT2D eigenvalue weighted by atomic mass is 35.5. The molecule has 1 rings (SSSR count). The SMILES string of the molecule is Cl.NCCc1nc(C(=O)O)cs1. The van der Waals surface area contributed by atoms with Crippen LogP contribution in [0.1, 0.15) is 15.5 Å². The van der Waals surface area contributed by atoms with Crippen LogP contribution in [0.25, 0.3) is 0 Å². The van der Waals surface area contributed by atoms with Gasteiger partial charge in [-0.3, -0.25) is 0 Å². The van der Waals surface area contributed by atoms with Gasteiger partial charge < -0.3 is 10.8 Å². The van der Waals surface area contributed by atoms with Crippen LogP contribution in [0.5, 0.6) is 0 Å². The second-order valence-corrected chi connectivity index (χ2v) is 2.91. The molecule has 0 aliphatic carbocycles. The van der Waals surface area contributed by atoms with Crippen LogP contribution < -0.4 is 5.73 Å². The Morgan fingerprint density at radius 3 is 2.83 bits per heavy atom. The molecule has 0 radical (unpaired) electrons. The Balaban J connectivity index is 0.00000121. The lowest BCUT2D eigenvalue weighted by atomic mass is 10.4. The third-order valence-electron chi connectivity index (χ3n) is 1.13. The molecule has 0 aromatic carbocycles. The molecule has 0 atom stereocenters. The van der Waals surface area contributed by atoms with Gasteiger partial charge in [0.1, 0.15) is 0 Å². The molecule has 0 fully saturated rings. The second kappa shape index (κ2) is 5.08. The topological polar surface area (TPSA) is 76.2 Å². The van der Waals surface area contributed by atoms with Gasteiger partial charge in [-0.2, -0.15) is 0 Å². The van der Waals surface area contributed by atoms with E-state index in [1.54, 1.807) is 0 Å². The van der Waals surface area contributed by atoms with Crippen LogP contribution in [0, 0.1) is 0 Å². The van der Waals surface area contributed by atoms with Crippen molar-refractivity contribution in [3.63, 3.8) is 0 Å². The zero-order chi connectivity index (χ0) is 8.27. The predicted molar refractivity (Wildman–Crippen MR) is 49.1 cm³/mol. The number of carbonyl (C=O) groups is 1. The van der Waals surface area contributed by atoms with Crippen LogP contribution in [0.15, 0.2) is 5.38 Å². The number of rotatable bonds is 3. The summed E-state index contributed by atoms with van der Waals surface area (Å²) in [6, 6.07) is 0. The van der Waals surface area contributed by atoms with Crippen LogP contribution in [-0.2, 0) is 6.42 Å². The van der Waals surface area contributed by atoms with Gasteiger partial charge >= 0.3 is 5.97 Å². The summed E-state index contributed by atoms with van der Waals surface area (Å²) in [6.45, 7) is 0.507. The van der Waals surface area contributed by atoms with Gasteiger partial charge in [-0.05, 0) is 6.54 Å². The minimum atomic E-state index is -0.982. The summed E-state index contributed by atoms with van der Waals surface area (Å²) < 4.78 is 0. The molecule has 0 saturated carbocycles. The molecule has 12 heavy (non-hydrogen) atoms. The normalized spacial score (nSPS) is 9.08. The van der Waals surface area contributed by atoms with Gasteiger partial charge in [0.05, 0.1) is 5.01 Å². The van der Waals surface area contributed by atoms with Gasteiger partial charge in [-0.15, -0.1) is 23.7 Å². The first-order valence-electron chi connectivity index (χ1n) is 3.12. The smallest absolute Gasteiger partial charge is 0.355 e. The van der Waals surface area contributed by atoms with Gasteiger partial charge in [0.25, 0.3) is 0 Å². The van der Waals surface area contributed by atoms with Crippen molar-refractivity contribution >= 4 is 29.7 Å². The molecule has 0 saturated heterocycles. The summed E-state index contributed by atoms with van der Waals surface area (Å²) in [4.78, 5) is 14.2. The predicted octanol–water partition coefficient (Wildman–Crippen LogP) is 0.764. The van der Waals surface area contributed by atoms with Crippen LogP contribution in [0.3, 0.4) is 0 Å². The lowest BCUT2D eigenvalue weighted by molar-refractivity contribution is 0.0691. The fourth-order valence-corrected chi connectivity index (χ4v) is 1.44. The average molecular weight is 209 g/mol. The number of carboxylic acids is 1. The Hall–Kier alpha value is -0.650. The van der Waals surface area contributed by atoms with E-state index in [4.69, 9.17) is 10.8 Å². The summed E-state index contributed by atoms with van der Waals surface area (Å²) in [7, 11) is 0. The molecular weight excluding hydrogens is 200 g/mol. The number of aromatic carboxylic acids is 1. The lowest BCUT2D eigenvalue weighted by Gasteiger charge is -1.86. The van der Waals surface area contributed by atoms with E-state index in [-0.39, 0.29) is 18.1 Å². The second-order valence-electron chi connectivity index (χ2n) is 1.97. The molecule has 3 N–H and O–H groups in total. The molecule has 1 aromatic heterocycles. The van der Waals surface area contributed by atoms with Crippen molar-refractivity contribution in [2.45, 2.75) is 6.42 Å². The van der Waals surface area contributed by atoms with Gasteiger partial charge in [0.15, 0.2) is 5.69 Å². The Morgan fingerprint density at radius 1 is 1.75 bits per heavy atom. The third kappa shape index (κ3) is 2.77. The number of hydrogen-bond acceptors (Lipinski definition) is 4. The number of aromatic nitrogens is 1. The monoisotopic (exact) mass is 208 g/mol. The number of nitrogens with two attached hydrogens (primary N) is 1. The standard InChI is InChI=1S/C6H8N2O2S.ClH/c7-2-1-5-8-4(3-11-5)6(9)10;/h3H,1-2,7H2,(H,9,10);1H. The minimum absolute atomic E-state index is 0. The zero-order valence-corrected chi connectivity index (χ0v) is 7.82. The van der Waals surface area contributed by atoms with Crippen molar-refractivity contribution in [3.8, 4) is 0 Å². The van der Waals surface area contributed by atoms with E-state index < -0.39 is 5.97 Å². The largest absolute Gasteiger partial charge is 0.476 e. The molecule has 0 spiro atoms. The van der Waals surface area contributed by atoms with E-state index in [2.05, 4.69) is 4.98 Å². The highest BCUT2D eigenvalue weighted by Gasteiger charge is 2.06. The highest BCUT2D eigenvalue weighted by Crippen LogP contribution is 2.09. The molecule has 0 aliphatic rings. The summed E-state index contributed by atoms with van der Waals surface area (Å²) >= 11 is 1.33. The summed E-state index contributed by atoms with van der Waals surface area (Å²) in [5, 5.41) is 10.8. The van der Waals surface area contributed by atoms with Crippen molar-refractivity contribution in [1.82, 2.24) is 4.98 Å². The van der Waals surface area contributed by atoms with E-state index in [0.29, 0.717) is 13.0 Å². The maximum absolute atomic E-state index is 10.3. The molecule has 0 bridgehead atoms. The van der Waals surface area contributed by atoms with Crippen LogP contribution in [-0.4, -0.2) is 22.6 Å². The molecule has 0 amide bonds. The number of hydrogen-bond donors (Lipinski definition) is 2. The Bertz CT molecular complexity index is 264. The summed E-state index contributed by atoms with van der Waals surface area (Å²) in [6.07, 6.45) is 0.651. The molecule has 0 unspecified atom stereocenters. The first-order valence-corrected chi connectivity index (χ1v) is 3.99. The first kappa shape index (κ1) is 11.4. The van der Waals surface area contributed by atoms with Crippen LogP contribution in [0.4, 0.5) is 0 Å². The fourth-order valence-electron chi connectivity index (χ4n) is 0.647. The number of thiazole rings is 1. The molecule has 1 aromatic rings. The molecule has 4 nitrogen and oxygen atoms in total.